The number of phenols is 1. The van der Waals surface area contributed by atoms with Crippen LogP contribution in [-0.4, -0.2) is 28.4 Å². The molecule has 1 heterocycles. The number of aromatic hydroxyl groups is 1. The summed E-state index contributed by atoms with van der Waals surface area (Å²) in [5.74, 6) is 3.51. The van der Waals surface area contributed by atoms with E-state index < -0.39 is 5.69 Å². The molecule has 0 saturated heterocycles. The lowest BCUT2D eigenvalue weighted by molar-refractivity contribution is 0.371. The topological polar surface area (TPSA) is 73.6 Å². The summed E-state index contributed by atoms with van der Waals surface area (Å²) in [6, 6.07) is 16.7. The number of rotatable bonds is 7. The van der Waals surface area contributed by atoms with Crippen molar-refractivity contribution in [1.29, 1.82) is 0 Å². The lowest BCUT2D eigenvalue weighted by atomic mass is 9.99. The maximum atomic E-state index is 13.3. The highest BCUT2D eigenvalue weighted by atomic mass is 35.5. The zero-order valence-corrected chi connectivity index (χ0v) is 20.5. The van der Waals surface area contributed by atoms with E-state index in [1.807, 2.05) is 36.4 Å². The van der Waals surface area contributed by atoms with Crippen molar-refractivity contribution >= 4 is 22.5 Å². The van der Waals surface area contributed by atoms with Gasteiger partial charge in [-0.2, -0.15) is 4.98 Å². The zero-order valence-electron chi connectivity index (χ0n) is 19.7. The van der Waals surface area contributed by atoms with Crippen molar-refractivity contribution in [3.63, 3.8) is 0 Å². The Kier molecular flexibility index (Phi) is 6.99. The van der Waals surface area contributed by atoms with Gasteiger partial charge in [0.05, 0.1) is 29.9 Å². The summed E-state index contributed by atoms with van der Waals surface area (Å²) in [6.45, 7) is 4.56. The summed E-state index contributed by atoms with van der Waals surface area (Å²) in [5.41, 5.74) is 3.51. The van der Waals surface area contributed by atoms with Crippen LogP contribution in [0.5, 0.6) is 17.2 Å². The number of halogens is 1. The number of terminal acetylenes is 1. The minimum Gasteiger partial charge on any atom is -0.503 e. The Hall–Kier alpha value is -3.95. The van der Waals surface area contributed by atoms with E-state index in [0.717, 1.165) is 10.9 Å². The standard InChI is InChI=1S/C28H25ClN2O4/c1-5-12-35-21-10-11-24-22(15-21)26(20-8-6-19(7-9-20)17(2)3)30-28(33)31(24)16-18-13-23(29)27(32)25(14-18)34-4/h1,6-11,13-15,17,32H,12,16H2,2-4H3. The fourth-order valence-corrected chi connectivity index (χ4v) is 4.16. The number of aromatic nitrogens is 2. The molecule has 0 unspecified atom stereocenters. The first-order valence-corrected chi connectivity index (χ1v) is 11.5. The molecule has 0 fully saturated rings. The summed E-state index contributed by atoms with van der Waals surface area (Å²) < 4.78 is 12.4. The van der Waals surface area contributed by atoms with Crippen LogP contribution in [0.25, 0.3) is 22.2 Å². The quantitative estimate of drug-likeness (QED) is 0.342. The van der Waals surface area contributed by atoms with E-state index in [2.05, 4.69) is 24.8 Å². The second-order valence-electron chi connectivity index (χ2n) is 8.41. The Morgan fingerprint density at radius 1 is 1.14 bits per heavy atom. The number of hydrogen-bond donors (Lipinski definition) is 1. The molecule has 4 aromatic rings. The second kappa shape index (κ2) is 10.1. The maximum Gasteiger partial charge on any atom is 0.348 e. The van der Waals surface area contributed by atoms with Crippen LogP contribution in [0.15, 0.2) is 59.4 Å². The molecule has 0 saturated carbocycles. The van der Waals surface area contributed by atoms with Crippen LogP contribution in [0.1, 0.15) is 30.9 Å². The summed E-state index contributed by atoms with van der Waals surface area (Å²) in [7, 11) is 1.44. The lowest BCUT2D eigenvalue weighted by Crippen LogP contribution is -2.24. The minimum atomic E-state index is -0.416. The number of phenolic OH excluding ortho intramolecular Hbond substituents is 1. The molecule has 0 amide bonds. The fraction of sp³-hybridized carbons (Fsp3) is 0.214. The predicted octanol–water partition coefficient (Wildman–Crippen LogP) is 5.61. The van der Waals surface area contributed by atoms with Crippen LogP contribution in [0.4, 0.5) is 0 Å². The molecule has 0 spiro atoms. The normalized spacial score (nSPS) is 11.0. The first-order valence-electron chi connectivity index (χ1n) is 11.1. The largest absolute Gasteiger partial charge is 0.503 e. The van der Waals surface area contributed by atoms with Gasteiger partial charge in [-0.05, 0) is 47.4 Å². The van der Waals surface area contributed by atoms with Crippen LogP contribution < -0.4 is 15.2 Å². The molecule has 4 rings (SSSR count). The highest BCUT2D eigenvalue weighted by Crippen LogP contribution is 2.36. The van der Waals surface area contributed by atoms with E-state index in [1.54, 1.807) is 22.8 Å². The first kappa shape index (κ1) is 24.2. The van der Waals surface area contributed by atoms with Crippen molar-refractivity contribution < 1.29 is 14.6 Å². The molecule has 6 nitrogen and oxygen atoms in total. The third kappa shape index (κ3) is 4.96. The van der Waals surface area contributed by atoms with Crippen LogP contribution >= 0.6 is 11.6 Å². The van der Waals surface area contributed by atoms with Gasteiger partial charge in [-0.1, -0.05) is 55.6 Å². The van der Waals surface area contributed by atoms with Gasteiger partial charge in [-0.3, -0.25) is 4.57 Å². The van der Waals surface area contributed by atoms with Gasteiger partial charge in [-0.25, -0.2) is 4.79 Å². The number of ether oxygens (including phenoxy) is 2. The molecule has 0 atom stereocenters. The molecule has 35 heavy (non-hydrogen) atoms. The van der Waals surface area contributed by atoms with Crippen LogP contribution in [-0.2, 0) is 6.54 Å². The van der Waals surface area contributed by atoms with Gasteiger partial charge in [0.2, 0.25) is 0 Å². The first-order chi connectivity index (χ1) is 16.8. The van der Waals surface area contributed by atoms with Gasteiger partial charge in [0.15, 0.2) is 11.5 Å². The summed E-state index contributed by atoms with van der Waals surface area (Å²) in [4.78, 5) is 17.7. The predicted molar refractivity (Wildman–Crippen MR) is 139 cm³/mol. The van der Waals surface area contributed by atoms with E-state index in [0.29, 0.717) is 28.4 Å². The van der Waals surface area contributed by atoms with Gasteiger partial charge in [-0.15, -0.1) is 6.42 Å². The van der Waals surface area contributed by atoms with Gasteiger partial charge in [0.25, 0.3) is 0 Å². The molecular formula is C28H25ClN2O4. The number of nitrogens with zero attached hydrogens (tertiary/aromatic N) is 2. The van der Waals surface area contributed by atoms with Gasteiger partial charge in [0, 0.05) is 10.9 Å². The van der Waals surface area contributed by atoms with E-state index in [1.165, 1.54) is 12.7 Å². The van der Waals surface area contributed by atoms with Crippen molar-refractivity contribution in [3.05, 3.63) is 81.2 Å². The van der Waals surface area contributed by atoms with E-state index in [-0.39, 0.29) is 29.7 Å². The molecular weight excluding hydrogens is 464 g/mol. The van der Waals surface area contributed by atoms with Crippen molar-refractivity contribution in [3.8, 4) is 40.8 Å². The van der Waals surface area contributed by atoms with Crippen LogP contribution in [0.3, 0.4) is 0 Å². The summed E-state index contributed by atoms with van der Waals surface area (Å²) >= 11 is 6.17. The van der Waals surface area contributed by atoms with Crippen LogP contribution in [0, 0.1) is 12.3 Å². The van der Waals surface area contributed by atoms with E-state index >= 15 is 0 Å². The second-order valence-corrected chi connectivity index (χ2v) is 8.81. The van der Waals surface area contributed by atoms with Crippen molar-refractivity contribution in [2.45, 2.75) is 26.3 Å². The molecule has 0 bridgehead atoms. The Bertz CT molecular complexity index is 1480. The molecule has 0 aliphatic rings. The SMILES string of the molecule is C#CCOc1ccc2c(c1)c(-c1ccc(C(C)C)cc1)nc(=O)n2Cc1cc(Cl)c(O)c(OC)c1. The van der Waals surface area contributed by atoms with Gasteiger partial charge in [0.1, 0.15) is 12.4 Å². The third-order valence-electron chi connectivity index (χ3n) is 5.77. The molecule has 0 aliphatic carbocycles. The number of fused-ring (bicyclic) bond motifs is 1. The molecule has 7 heteroatoms. The Morgan fingerprint density at radius 2 is 1.89 bits per heavy atom. The summed E-state index contributed by atoms with van der Waals surface area (Å²) in [6.07, 6.45) is 5.35. The van der Waals surface area contributed by atoms with E-state index in [9.17, 15) is 9.90 Å². The smallest absolute Gasteiger partial charge is 0.348 e. The zero-order chi connectivity index (χ0) is 25.1. The maximum absolute atomic E-state index is 13.3. The van der Waals surface area contributed by atoms with Crippen molar-refractivity contribution in [2.75, 3.05) is 13.7 Å². The highest BCUT2D eigenvalue weighted by molar-refractivity contribution is 6.32. The molecule has 0 aliphatic heterocycles. The molecule has 3 aromatic carbocycles. The average Bonchev–Trinajstić information content (AvgIpc) is 2.86. The molecule has 1 aromatic heterocycles. The molecule has 1 N–H and O–H groups in total. The molecule has 0 radical (unpaired) electrons. The average molecular weight is 489 g/mol. The number of benzene rings is 3. The Labute approximate surface area is 208 Å². The Morgan fingerprint density at radius 3 is 2.54 bits per heavy atom. The van der Waals surface area contributed by atoms with Crippen molar-refractivity contribution in [2.24, 2.45) is 0 Å². The van der Waals surface area contributed by atoms with E-state index in [4.69, 9.17) is 27.5 Å². The Balaban J connectivity index is 1.89. The highest BCUT2D eigenvalue weighted by Gasteiger charge is 2.16. The lowest BCUT2D eigenvalue weighted by Gasteiger charge is -2.16. The monoisotopic (exact) mass is 488 g/mol. The number of methoxy groups -OCH3 is 1. The van der Waals surface area contributed by atoms with Crippen LogP contribution in [0.2, 0.25) is 5.02 Å². The summed E-state index contributed by atoms with van der Waals surface area (Å²) in [5, 5.41) is 10.9. The number of hydrogen-bond acceptors (Lipinski definition) is 5. The van der Waals surface area contributed by atoms with Gasteiger partial charge >= 0.3 is 5.69 Å². The third-order valence-corrected chi connectivity index (χ3v) is 6.06. The minimum absolute atomic E-state index is 0.128. The van der Waals surface area contributed by atoms with Crippen molar-refractivity contribution in [1.82, 2.24) is 9.55 Å². The van der Waals surface area contributed by atoms with Gasteiger partial charge < -0.3 is 14.6 Å². The fourth-order valence-electron chi connectivity index (χ4n) is 3.93. The molecule has 178 valence electrons.